The standard InChI is InChI=1S/C21H18F2N2O/c22-17-8-4-15(5-9-17)14-25-21(26)20(13-19-3-1-2-12-24-19)16-6-10-18(23)11-7-16/h1-12,20H,13-14H2,(H,25,26). The first-order chi connectivity index (χ1) is 12.6. The van der Waals surface area contributed by atoms with Crippen LogP contribution in [0.4, 0.5) is 8.78 Å². The van der Waals surface area contributed by atoms with Crippen LogP contribution in [0.1, 0.15) is 22.7 Å². The fourth-order valence-electron chi connectivity index (χ4n) is 2.70. The van der Waals surface area contributed by atoms with Crippen molar-refractivity contribution in [3.05, 3.63) is 101 Å². The molecule has 0 saturated carbocycles. The Morgan fingerprint density at radius 1 is 0.923 bits per heavy atom. The largest absolute Gasteiger partial charge is 0.351 e. The van der Waals surface area contributed by atoms with Gasteiger partial charge in [0.15, 0.2) is 0 Å². The molecule has 0 bridgehead atoms. The number of rotatable bonds is 6. The number of aromatic nitrogens is 1. The van der Waals surface area contributed by atoms with Gasteiger partial charge in [0.1, 0.15) is 11.6 Å². The van der Waals surface area contributed by atoms with Gasteiger partial charge in [-0.05, 0) is 47.5 Å². The zero-order valence-corrected chi connectivity index (χ0v) is 14.0. The molecule has 0 spiro atoms. The van der Waals surface area contributed by atoms with E-state index in [-0.39, 0.29) is 17.5 Å². The molecule has 0 radical (unpaired) electrons. The van der Waals surface area contributed by atoms with Gasteiger partial charge in [-0.1, -0.05) is 30.3 Å². The minimum atomic E-state index is -0.494. The van der Waals surface area contributed by atoms with Crippen LogP contribution in [0, 0.1) is 11.6 Å². The van der Waals surface area contributed by atoms with Crippen molar-refractivity contribution in [3.63, 3.8) is 0 Å². The Balaban J connectivity index is 1.76. The molecule has 0 saturated heterocycles. The van der Waals surface area contributed by atoms with E-state index in [0.29, 0.717) is 18.5 Å². The summed E-state index contributed by atoms with van der Waals surface area (Å²) < 4.78 is 26.2. The predicted molar refractivity (Wildman–Crippen MR) is 95.3 cm³/mol. The van der Waals surface area contributed by atoms with Crippen molar-refractivity contribution in [2.24, 2.45) is 0 Å². The van der Waals surface area contributed by atoms with E-state index in [0.717, 1.165) is 11.3 Å². The molecule has 1 amide bonds. The molecule has 0 aliphatic heterocycles. The smallest absolute Gasteiger partial charge is 0.228 e. The number of carbonyl (C=O) groups excluding carboxylic acids is 1. The first-order valence-electron chi connectivity index (χ1n) is 8.29. The van der Waals surface area contributed by atoms with Gasteiger partial charge in [-0.25, -0.2) is 8.78 Å². The number of hydrogen-bond donors (Lipinski definition) is 1. The molecule has 1 heterocycles. The van der Waals surface area contributed by atoms with Crippen molar-refractivity contribution >= 4 is 5.91 Å². The molecule has 3 rings (SSSR count). The van der Waals surface area contributed by atoms with Crippen LogP contribution in [0.2, 0.25) is 0 Å². The number of nitrogens with zero attached hydrogens (tertiary/aromatic N) is 1. The first kappa shape index (κ1) is 17.7. The number of benzene rings is 2. The van der Waals surface area contributed by atoms with Crippen molar-refractivity contribution in [1.82, 2.24) is 10.3 Å². The van der Waals surface area contributed by atoms with Crippen molar-refractivity contribution < 1.29 is 13.6 Å². The average Bonchev–Trinajstić information content (AvgIpc) is 2.67. The van der Waals surface area contributed by atoms with Gasteiger partial charge in [-0.15, -0.1) is 0 Å². The Morgan fingerprint density at radius 2 is 1.58 bits per heavy atom. The molecule has 3 nitrogen and oxygen atoms in total. The molecule has 0 aliphatic rings. The summed E-state index contributed by atoms with van der Waals surface area (Å²) >= 11 is 0. The fraction of sp³-hybridized carbons (Fsp3) is 0.143. The highest BCUT2D eigenvalue weighted by molar-refractivity contribution is 5.83. The van der Waals surface area contributed by atoms with E-state index in [2.05, 4.69) is 10.3 Å². The van der Waals surface area contributed by atoms with Crippen molar-refractivity contribution in [3.8, 4) is 0 Å². The molecule has 26 heavy (non-hydrogen) atoms. The van der Waals surface area contributed by atoms with Crippen LogP contribution < -0.4 is 5.32 Å². The molecule has 1 unspecified atom stereocenters. The summed E-state index contributed by atoms with van der Waals surface area (Å²) in [5.74, 6) is -1.35. The molecule has 1 aromatic heterocycles. The first-order valence-corrected chi connectivity index (χ1v) is 8.29. The van der Waals surface area contributed by atoms with Crippen molar-refractivity contribution in [2.75, 3.05) is 0 Å². The molecular formula is C21H18F2N2O. The summed E-state index contributed by atoms with van der Waals surface area (Å²) in [7, 11) is 0. The molecule has 3 aromatic rings. The Bertz CT molecular complexity index is 849. The summed E-state index contributed by atoms with van der Waals surface area (Å²) in [5.41, 5.74) is 2.29. The second-order valence-electron chi connectivity index (χ2n) is 5.97. The van der Waals surface area contributed by atoms with E-state index >= 15 is 0 Å². The number of carbonyl (C=O) groups is 1. The number of halogens is 2. The van der Waals surface area contributed by atoms with Crippen LogP contribution >= 0.6 is 0 Å². The number of hydrogen-bond acceptors (Lipinski definition) is 2. The minimum absolute atomic E-state index is 0.188. The van der Waals surface area contributed by atoms with E-state index in [1.807, 2.05) is 18.2 Å². The van der Waals surface area contributed by atoms with Gasteiger partial charge < -0.3 is 5.32 Å². The van der Waals surface area contributed by atoms with Gasteiger partial charge in [0.25, 0.3) is 0 Å². The maximum Gasteiger partial charge on any atom is 0.228 e. The van der Waals surface area contributed by atoms with E-state index in [1.54, 1.807) is 30.5 Å². The van der Waals surface area contributed by atoms with E-state index < -0.39 is 5.92 Å². The van der Waals surface area contributed by atoms with Gasteiger partial charge >= 0.3 is 0 Å². The van der Waals surface area contributed by atoms with Crippen molar-refractivity contribution in [1.29, 1.82) is 0 Å². The minimum Gasteiger partial charge on any atom is -0.351 e. The third-order valence-corrected chi connectivity index (χ3v) is 4.11. The van der Waals surface area contributed by atoms with Crippen LogP contribution in [-0.4, -0.2) is 10.9 Å². The van der Waals surface area contributed by atoms with E-state index in [1.165, 1.54) is 24.3 Å². The maximum atomic E-state index is 13.2. The Hall–Kier alpha value is -3.08. The van der Waals surface area contributed by atoms with Crippen LogP contribution in [0.25, 0.3) is 0 Å². The highest BCUT2D eigenvalue weighted by Crippen LogP contribution is 2.21. The monoisotopic (exact) mass is 352 g/mol. The SMILES string of the molecule is O=C(NCc1ccc(F)cc1)C(Cc1ccccn1)c1ccc(F)cc1. The molecule has 132 valence electrons. The number of pyridine rings is 1. The summed E-state index contributed by atoms with van der Waals surface area (Å²) in [6.45, 7) is 0.291. The summed E-state index contributed by atoms with van der Waals surface area (Å²) in [5, 5.41) is 2.87. The van der Waals surface area contributed by atoms with Gasteiger partial charge in [0.2, 0.25) is 5.91 Å². The normalized spacial score (nSPS) is 11.8. The van der Waals surface area contributed by atoms with Crippen LogP contribution in [0.15, 0.2) is 72.9 Å². The Kier molecular flexibility index (Phi) is 5.69. The molecule has 1 N–H and O–H groups in total. The molecule has 0 fully saturated rings. The second kappa shape index (κ2) is 8.34. The third kappa shape index (κ3) is 4.72. The van der Waals surface area contributed by atoms with Crippen molar-refractivity contribution in [2.45, 2.75) is 18.9 Å². The lowest BCUT2D eigenvalue weighted by Crippen LogP contribution is -2.30. The molecule has 5 heteroatoms. The van der Waals surface area contributed by atoms with Gasteiger partial charge in [-0.3, -0.25) is 9.78 Å². The number of amides is 1. The lowest BCUT2D eigenvalue weighted by molar-refractivity contribution is -0.122. The Morgan fingerprint density at radius 3 is 2.19 bits per heavy atom. The summed E-state index contributed by atoms with van der Waals surface area (Å²) in [6.07, 6.45) is 2.08. The van der Waals surface area contributed by atoms with Gasteiger partial charge in [-0.2, -0.15) is 0 Å². The predicted octanol–water partition coefficient (Wildman–Crippen LogP) is 4.00. The number of nitrogens with one attached hydrogen (secondary N) is 1. The lowest BCUT2D eigenvalue weighted by atomic mass is 9.93. The Labute approximate surface area is 150 Å². The second-order valence-corrected chi connectivity index (χ2v) is 5.97. The van der Waals surface area contributed by atoms with Crippen LogP contribution in [0.5, 0.6) is 0 Å². The van der Waals surface area contributed by atoms with Gasteiger partial charge in [0.05, 0.1) is 5.92 Å². The zero-order valence-electron chi connectivity index (χ0n) is 14.0. The molecule has 1 atom stereocenters. The van der Waals surface area contributed by atoms with E-state index in [4.69, 9.17) is 0 Å². The van der Waals surface area contributed by atoms with E-state index in [9.17, 15) is 13.6 Å². The lowest BCUT2D eigenvalue weighted by Gasteiger charge is -2.17. The maximum absolute atomic E-state index is 13.2. The van der Waals surface area contributed by atoms with Crippen LogP contribution in [-0.2, 0) is 17.8 Å². The quantitative estimate of drug-likeness (QED) is 0.728. The highest BCUT2D eigenvalue weighted by Gasteiger charge is 2.21. The zero-order chi connectivity index (χ0) is 18.4. The summed E-state index contributed by atoms with van der Waals surface area (Å²) in [4.78, 5) is 17.0. The summed E-state index contributed by atoms with van der Waals surface area (Å²) in [6, 6.07) is 17.4. The molecule has 0 aliphatic carbocycles. The molecule has 2 aromatic carbocycles. The average molecular weight is 352 g/mol. The molecular weight excluding hydrogens is 334 g/mol. The van der Waals surface area contributed by atoms with Gasteiger partial charge in [0, 0.05) is 24.9 Å². The fourth-order valence-corrected chi connectivity index (χ4v) is 2.70. The third-order valence-electron chi connectivity index (χ3n) is 4.11. The highest BCUT2D eigenvalue weighted by atomic mass is 19.1. The van der Waals surface area contributed by atoms with Crippen LogP contribution in [0.3, 0.4) is 0 Å². The topological polar surface area (TPSA) is 42.0 Å².